The normalized spacial score (nSPS) is 35.5. The number of allylic oxidation sites excluding steroid dienone is 2. The number of ketones is 1. The van der Waals surface area contributed by atoms with Crippen LogP contribution in [0.4, 0.5) is 0 Å². The number of carbonyl (C=O) groups excluding carboxylic acids is 1. The van der Waals surface area contributed by atoms with Crippen molar-refractivity contribution in [3.63, 3.8) is 0 Å². The first-order valence-electron chi connectivity index (χ1n) is 6.58. The molecule has 0 aliphatic heterocycles. The van der Waals surface area contributed by atoms with Gasteiger partial charge in [-0.1, -0.05) is 6.92 Å². The molecular weight excluding hydrogens is 252 g/mol. The first kappa shape index (κ1) is 14.1. The first-order valence-corrected chi connectivity index (χ1v) is 6.58. The summed E-state index contributed by atoms with van der Waals surface area (Å²) in [4.78, 5) is 12.2. The highest BCUT2D eigenvalue weighted by Crippen LogP contribution is 2.65. The van der Waals surface area contributed by atoms with Crippen LogP contribution in [0.5, 0.6) is 0 Å². The Hall–Kier alpha value is -2.32. The van der Waals surface area contributed by atoms with Crippen LogP contribution in [0.2, 0.25) is 0 Å². The van der Waals surface area contributed by atoms with Gasteiger partial charge in [-0.25, -0.2) is 0 Å². The van der Waals surface area contributed by atoms with Gasteiger partial charge in [-0.15, -0.1) is 0 Å². The zero-order chi connectivity index (χ0) is 15.2. The second-order valence-electron chi connectivity index (χ2n) is 5.97. The Labute approximate surface area is 118 Å². The van der Waals surface area contributed by atoms with Crippen molar-refractivity contribution in [3.05, 3.63) is 11.3 Å². The molecule has 0 amide bonds. The number of nitrogens with zero attached hydrogens (tertiary/aromatic N) is 3. The van der Waals surface area contributed by atoms with Gasteiger partial charge >= 0.3 is 0 Å². The highest BCUT2D eigenvalue weighted by atomic mass is 16.1. The Balaban J connectivity index is 2.83. The van der Waals surface area contributed by atoms with Gasteiger partial charge in [-0.3, -0.25) is 4.79 Å². The summed E-state index contributed by atoms with van der Waals surface area (Å²) >= 11 is 0. The fraction of sp³-hybridized carbons (Fsp3) is 0.600. The van der Waals surface area contributed by atoms with E-state index in [0.717, 1.165) is 0 Å². The maximum atomic E-state index is 12.2. The molecule has 0 aromatic carbocycles. The lowest BCUT2D eigenvalue weighted by molar-refractivity contribution is -0.125. The van der Waals surface area contributed by atoms with Gasteiger partial charge in [-0.2, -0.15) is 15.8 Å². The minimum absolute atomic E-state index is 0.0220. The number of hydrogen-bond acceptors (Lipinski definition) is 5. The molecule has 2 aliphatic rings. The molecule has 0 saturated heterocycles. The zero-order valence-electron chi connectivity index (χ0n) is 11.7. The molecule has 5 heteroatoms. The Kier molecular flexibility index (Phi) is 2.88. The van der Waals surface area contributed by atoms with Crippen molar-refractivity contribution in [2.45, 2.75) is 39.5 Å². The van der Waals surface area contributed by atoms with E-state index >= 15 is 0 Å². The van der Waals surface area contributed by atoms with Gasteiger partial charge in [0.1, 0.15) is 5.41 Å². The van der Waals surface area contributed by atoms with Crippen LogP contribution in [0.3, 0.4) is 0 Å². The van der Waals surface area contributed by atoms with Crippen LogP contribution in [0.1, 0.15) is 39.5 Å². The summed E-state index contributed by atoms with van der Waals surface area (Å²) in [5.41, 5.74) is 3.24. The molecule has 0 aromatic rings. The molecule has 5 nitrogen and oxygen atoms in total. The molecule has 2 N–H and O–H groups in total. The topological polar surface area (TPSA) is 114 Å². The van der Waals surface area contributed by atoms with E-state index < -0.39 is 16.2 Å². The lowest BCUT2D eigenvalue weighted by Gasteiger charge is -2.55. The first-order chi connectivity index (χ1) is 9.34. The smallest absolute Gasteiger partial charge is 0.161 e. The Morgan fingerprint density at radius 1 is 1.15 bits per heavy atom. The van der Waals surface area contributed by atoms with Gasteiger partial charge in [0.25, 0.3) is 0 Å². The fourth-order valence-corrected chi connectivity index (χ4v) is 3.82. The van der Waals surface area contributed by atoms with Gasteiger partial charge < -0.3 is 5.73 Å². The monoisotopic (exact) mass is 268 g/mol. The Morgan fingerprint density at radius 2 is 1.75 bits per heavy atom. The van der Waals surface area contributed by atoms with Crippen molar-refractivity contribution in [2.75, 3.05) is 0 Å². The molecule has 2 rings (SSSR count). The van der Waals surface area contributed by atoms with Crippen molar-refractivity contribution in [1.29, 1.82) is 15.8 Å². The molecule has 0 radical (unpaired) electrons. The molecule has 2 aliphatic carbocycles. The Bertz CT molecular complexity index is 628. The molecule has 0 aromatic heterocycles. The molecular formula is C15H16N4O. The molecule has 2 atom stereocenters. The summed E-state index contributed by atoms with van der Waals surface area (Å²) in [6.07, 6.45) is 1.46. The van der Waals surface area contributed by atoms with E-state index in [-0.39, 0.29) is 17.9 Å². The maximum Gasteiger partial charge on any atom is 0.161 e. The maximum absolute atomic E-state index is 12.2. The number of Topliss-reactive ketones (excluding diaryl/α,β-unsaturated/α-hetero) is 1. The number of fused-ring (bicyclic) bond motifs is 1. The minimum Gasteiger partial charge on any atom is -0.400 e. The van der Waals surface area contributed by atoms with E-state index in [1.807, 2.05) is 0 Å². The minimum atomic E-state index is -1.35. The lowest BCUT2D eigenvalue weighted by Crippen LogP contribution is -2.59. The predicted molar refractivity (Wildman–Crippen MR) is 70.2 cm³/mol. The van der Waals surface area contributed by atoms with E-state index in [1.54, 1.807) is 13.8 Å². The predicted octanol–water partition coefficient (Wildman–Crippen LogP) is 1.93. The van der Waals surface area contributed by atoms with E-state index in [2.05, 4.69) is 18.2 Å². The van der Waals surface area contributed by atoms with Crippen LogP contribution < -0.4 is 5.73 Å². The molecule has 0 heterocycles. The van der Waals surface area contributed by atoms with Gasteiger partial charge in [0.05, 0.1) is 18.2 Å². The van der Waals surface area contributed by atoms with E-state index in [9.17, 15) is 20.6 Å². The van der Waals surface area contributed by atoms with E-state index in [1.165, 1.54) is 0 Å². The number of hydrogen-bond donors (Lipinski definition) is 1. The molecule has 0 spiro atoms. The second kappa shape index (κ2) is 4.09. The van der Waals surface area contributed by atoms with Crippen LogP contribution in [0.15, 0.2) is 11.3 Å². The number of rotatable bonds is 0. The zero-order valence-corrected chi connectivity index (χ0v) is 11.7. The van der Waals surface area contributed by atoms with E-state index in [0.29, 0.717) is 24.8 Å². The van der Waals surface area contributed by atoms with Crippen molar-refractivity contribution in [3.8, 4) is 18.2 Å². The average molecular weight is 268 g/mol. The Morgan fingerprint density at radius 3 is 2.25 bits per heavy atom. The quantitative estimate of drug-likeness (QED) is 0.720. The summed E-state index contributed by atoms with van der Waals surface area (Å²) in [5.74, 6) is -0.173. The second-order valence-corrected chi connectivity index (χ2v) is 5.97. The largest absolute Gasteiger partial charge is 0.400 e. The van der Waals surface area contributed by atoms with Crippen molar-refractivity contribution in [1.82, 2.24) is 0 Å². The highest BCUT2D eigenvalue weighted by molar-refractivity contribution is 5.98. The third-order valence-corrected chi connectivity index (χ3v) is 5.36. The van der Waals surface area contributed by atoms with Crippen LogP contribution in [0.25, 0.3) is 0 Å². The standard InChI is InChI=1S/C15H16N4O/c1-10-11(20)6-13(2)14(7-16,8-17)4-3-5-15(13,9-18)12(10)19/h3-6,19H2,1-2H3/t13?,15-/m0/s1. The summed E-state index contributed by atoms with van der Waals surface area (Å²) in [6.45, 7) is 3.31. The summed E-state index contributed by atoms with van der Waals surface area (Å²) in [7, 11) is 0. The van der Waals surface area contributed by atoms with Crippen LogP contribution in [-0.4, -0.2) is 5.78 Å². The molecule has 0 bridgehead atoms. The average Bonchev–Trinajstić information content (AvgIpc) is 2.45. The molecule has 1 fully saturated rings. The van der Waals surface area contributed by atoms with Crippen molar-refractivity contribution < 1.29 is 4.79 Å². The van der Waals surface area contributed by atoms with Gasteiger partial charge in [0, 0.05) is 23.1 Å². The van der Waals surface area contributed by atoms with Gasteiger partial charge in [-0.05, 0) is 26.2 Å². The summed E-state index contributed by atoms with van der Waals surface area (Å²) < 4.78 is 0. The number of nitrogens with two attached hydrogens (primary N) is 1. The molecule has 20 heavy (non-hydrogen) atoms. The van der Waals surface area contributed by atoms with Gasteiger partial charge in [0.15, 0.2) is 11.2 Å². The fourth-order valence-electron chi connectivity index (χ4n) is 3.82. The highest BCUT2D eigenvalue weighted by Gasteiger charge is 2.67. The van der Waals surface area contributed by atoms with Crippen LogP contribution in [0, 0.1) is 50.2 Å². The van der Waals surface area contributed by atoms with Crippen LogP contribution >= 0.6 is 0 Å². The lowest BCUT2D eigenvalue weighted by atomic mass is 9.42. The summed E-state index contributed by atoms with van der Waals surface area (Å²) in [5, 5.41) is 28.8. The van der Waals surface area contributed by atoms with E-state index in [4.69, 9.17) is 5.73 Å². The third-order valence-electron chi connectivity index (χ3n) is 5.36. The number of nitriles is 3. The van der Waals surface area contributed by atoms with Crippen molar-refractivity contribution >= 4 is 5.78 Å². The molecule has 102 valence electrons. The SMILES string of the molecule is CC1=C(N)[C@@]2(C#N)CCCC(C#N)(C#N)C2(C)CC1=O. The number of carbonyl (C=O) groups is 1. The van der Waals surface area contributed by atoms with Crippen LogP contribution in [-0.2, 0) is 4.79 Å². The molecule has 1 unspecified atom stereocenters. The summed E-state index contributed by atoms with van der Waals surface area (Å²) in [6, 6.07) is 6.41. The third kappa shape index (κ3) is 1.27. The van der Waals surface area contributed by atoms with Gasteiger partial charge in [0.2, 0.25) is 0 Å². The molecule has 1 saturated carbocycles. The van der Waals surface area contributed by atoms with Crippen molar-refractivity contribution in [2.24, 2.45) is 22.0 Å².